The van der Waals surface area contributed by atoms with Crippen LogP contribution in [0.1, 0.15) is 32.9 Å². The van der Waals surface area contributed by atoms with Gasteiger partial charge in [-0.3, -0.25) is 14.4 Å². The summed E-state index contributed by atoms with van der Waals surface area (Å²) in [6, 6.07) is 17.4. The van der Waals surface area contributed by atoms with Crippen LogP contribution >= 0.6 is 11.3 Å². The molecule has 2 saturated heterocycles. The molecule has 33 heavy (non-hydrogen) atoms. The molecule has 1 aromatic heterocycles. The van der Waals surface area contributed by atoms with E-state index in [0.717, 1.165) is 28.5 Å². The van der Waals surface area contributed by atoms with E-state index in [2.05, 4.69) is 0 Å². The molecule has 0 spiro atoms. The molecule has 170 valence electrons. The van der Waals surface area contributed by atoms with E-state index < -0.39 is 0 Å². The summed E-state index contributed by atoms with van der Waals surface area (Å²) >= 11 is 1.45. The van der Waals surface area contributed by atoms with Crippen molar-refractivity contribution in [3.8, 4) is 0 Å². The lowest BCUT2D eigenvalue weighted by molar-refractivity contribution is -0.138. The van der Waals surface area contributed by atoms with Gasteiger partial charge in [0.15, 0.2) is 0 Å². The maximum absolute atomic E-state index is 13.3. The molecular formula is C26H27N3O3S. The van der Waals surface area contributed by atoms with E-state index in [4.69, 9.17) is 0 Å². The first-order valence-corrected chi connectivity index (χ1v) is 12.4. The summed E-state index contributed by atoms with van der Waals surface area (Å²) in [5, 5.41) is 3.90. The first kappa shape index (κ1) is 21.6. The highest BCUT2D eigenvalue weighted by atomic mass is 32.1. The molecule has 3 heterocycles. The number of nitrogens with zero attached hydrogens (tertiary/aromatic N) is 3. The highest BCUT2D eigenvalue weighted by molar-refractivity contribution is 7.12. The number of carbonyl (C=O) groups is 3. The second-order valence-electron chi connectivity index (χ2n) is 8.71. The molecule has 3 aromatic rings. The Morgan fingerprint density at radius 2 is 1.52 bits per heavy atom. The molecular weight excluding hydrogens is 434 g/mol. The molecule has 2 fully saturated rings. The Hall–Kier alpha value is -3.19. The van der Waals surface area contributed by atoms with Crippen LogP contribution in [0.3, 0.4) is 0 Å². The van der Waals surface area contributed by atoms with Crippen molar-refractivity contribution in [1.82, 2.24) is 14.7 Å². The largest absolute Gasteiger partial charge is 0.339 e. The SMILES string of the molecule is O=C(c1cccs1)N1CCN(C(=O)C2CCCN(C(=O)c3cccc4ccccc34)C2)CC1. The van der Waals surface area contributed by atoms with Gasteiger partial charge in [0.05, 0.1) is 10.8 Å². The summed E-state index contributed by atoms with van der Waals surface area (Å²) in [5.74, 6) is -0.0387. The molecule has 1 atom stereocenters. The Morgan fingerprint density at radius 3 is 2.30 bits per heavy atom. The van der Waals surface area contributed by atoms with Gasteiger partial charge in [-0.25, -0.2) is 0 Å². The fraction of sp³-hybridized carbons (Fsp3) is 0.346. The third kappa shape index (κ3) is 4.37. The van der Waals surface area contributed by atoms with Crippen LogP contribution in [0.5, 0.6) is 0 Å². The molecule has 0 bridgehead atoms. The summed E-state index contributed by atoms with van der Waals surface area (Å²) in [6.45, 7) is 3.32. The average Bonchev–Trinajstić information content (AvgIpc) is 3.42. The first-order valence-electron chi connectivity index (χ1n) is 11.5. The zero-order valence-electron chi connectivity index (χ0n) is 18.5. The van der Waals surface area contributed by atoms with Crippen LogP contribution in [0.15, 0.2) is 60.0 Å². The number of fused-ring (bicyclic) bond motifs is 1. The smallest absolute Gasteiger partial charge is 0.264 e. The summed E-state index contributed by atoms with van der Waals surface area (Å²) in [7, 11) is 0. The van der Waals surface area contributed by atoms with Crippen LogP contribution in [0.25, 0.3) is 10.8 Å². The Balaban J connectivity index is 1.22. The minimum Gasteiger partial charge on any atom is -0.339 e. The number of hydrogen-bond donors (Lipinski definition) is 0. The summed E-state index contributed by atoms with van der Waals surface area (Å²) in [4.78, 5) is 45.5. The number of likely N-dealkylation sites (tertiary alicyclic amines) is 1. The molecule has 0 aliphatic carbocycles. The van der Waals surface area contributed by atoms with Crippen LogP contribution in [0.4, 0.5) is 0 Å². The number of piperidine rings is 1. The fourth-order valence-electron chi connectivity index (χ4n) is 4.89. The Kier molecular flexibility index (Phi) is 6.13. The van der Waals surface area contributed by atoms with Gasteiger partial charge in [-0.2, -0.15) is 0 Å². The predicted molar refractivity (Wildman–Crippen MR) is 129 cm³/mol. The maximum atomic E-state index is 13.3. The lowest BCUT2D eigenvalue weighted by Crippen LogP contribution is -2.54. The third-order valence-corrected chi connectivity index (χ3v) is 7.55. The van der Waals surface area contributed by atoms with Gasteiger partial charge in [-0.15, -0.1) is 11.3 Å². The van der Waals surface area contributed by atoms with Gasteiger partial charge in [-0.05, 0) is 41.1 Å². The first-order chi connectivity index (χ1) is 16.1. The van der Waals surface area contributed by atoms with Crippen LogP contribution in [-0.2, 0) is 4.79 Å². The van der Waals surface area contributed by atoms with Gasteiger partial charge >= 0.3 is 0 Å². The summed E-state index contributed by atoms with van der Waals surface area (Å²) in [5.41, 5.74) is 0.696. The molecule has 7 heteroatoms. The number of thiophene rings is 1. The number of amides is 3. The number of benzene rings is 2. The van der Waals surface area contributed by atoms with Crippen LogP contribution in [0, 0.1) is 5.92 Å². The Bertz CT molecular complexity index is 1160. The van der Waals surface area contributed by atoms with Gasteiger partial charge in [-0.1, -0.05) is 42.5 Å². The lowest BCUT2D eigenvalue weighted by atomic mass is 9.95. The van der Waals surface area contributed by atoms with Gasteiger partial charge in [0.2, 0.25) is 5.91 Å². The van der Waals surface area contributed by atoms with Gasteiger partial charge in [0, 0.05) is 44.8 Å². The van der Waals surface area contributed by atoms with Gasteiger partial charge in [0.1, 0.15) is 0 Å². The van der Waals surface area contributed by atoms with E-state index in [-0.39, 0.29) is 23.6 Å². The van der Waals surface area contributed by atoms with Crippen molar-refractivity contribution >= 4 is 39.8 Å². The van der Waals surface area contributed by atoms with Crippen LogP contribution < -0.4 is 0 Å². The zero-order chi connectivity index (χ0) is 22.8. The second kappa shape index (κ2) is 9.35. The van der Waals surface area contributed by atoms with Crippen molar-refractivity contribution in [2.75, 3.05) is 39.3 Å². The maximum Gasteiger partial charge on any atom is 0.264 e. The van der Waals surface area contributed by atoms with E-state index in [9.17, 15) is 14.4 Å². The topological polar surface area (TPSA) is 60.9 Å². The van der Waals surface area contributed by atoms with Crippen LogP contribution in [-0.4, -0.2) is 71.7 Å². The van der Waals surface area contributed by atoms with Crippen molar-refractivity contribution in [2.24, 2.45) is 5.92 Å². The van der Waals surface area contributed by atoms with Gasteiger partial charge < -0.3 is 14.7 Å². The quantitative estimate of drug-likeness (QED) is 0.597. The molecule has 0 saturated carbocycles. The molecule has 0 N–H and O–H groups in total. The lowest BCUT2D eigenvalue weighted by Gasteiger charge is -2.39. The van der Waals surface area contributed by atoms with Crippen molar-refractivity contribution in [3.05, 3.63) is 70.4 Å². The van der Waals surface area contributed by atoms with E-state index in [0.29, 0.717) is 44.8 Å². The van der Waals surface area contributed by atoms with E-state index in [1.54, 1.807) is 0 Å². The highest BCUT2D eigenvalue weighted by Crippen LogP contribution is 2.25. The normalized spacial score (nSPS) is 19.0. The predicted octanol–water partition coefficient (Wildman–Crippen LogP) is 3.74. The Labute approximate surface area is 197 Å². The fourth-order valence-corrected chi connectivity index (χ4v) is 5.58. The standard InChI is InChI=1S/C26H27N3O3S/c30-24(27-13-15-28(16-14-27)26(32)23-11-5-17-33-23)20-8-4-12-29(18-20)25(31)22-10-3-7-19-6-1-2-9-21(19)22/h1-3,5-7,9-11,17,20H,4,8,12-16,18H2. The van der Waals surface area contributed by atoms with Crippen molar-refractivity contribution in [1.29, 1.82) is 0 Å². The Morgan fingerprint density at radius 1 is 0.758 bits per heavy atom. The number of hydrogen-bond acceptors (Lipinski definition) is 4. The number of rotatable bonds is 3. The molecule has 5 rings (SSSR count). The minimum atomic E-state index is -0.183. The monoisotopic (exact) mass is 461 g/mol. The van der Waals surface area contributed by atoms with E-state index in [1.807, 2.05) is 74.7 Å². The minimum absolute atomic E-state index is 0.00401. The molecule has 6 nitrogen and oxygen atoms in total. The average molecular weight is 462 g/mol. The molecule has 1 unspecified atom stereocenters. The van der Waals surface area contributed by atoms with Crippen molar-refractivity contribution < 1.29 is 14.4 Å². The van der Waals surface area contributed by atoms with Gasteiger partial charge in [0.25, 0.3) is 11.8 Å². The van der Waals surface area contributed by atoms with E-state index in [1.165, 1.54) is 11.3 Å². The molecule has 2 aliphatic rings. The zero-order valence-corrected chi connectivity index (χ0v) is 19.3. The third-order valence-electron chi connectivity index (χ3n) is 6.69. The summed E-state index contributed by atoms with van der Waals surface area (Å²) < 4.78 is 0. The second-order valence-corrected chi connectivity index (χ2v) is 9.66. The summed E-state index contributed by atoms with van der Waals surface area (Å²) in [6.07, 6.45) is 1.62. The van der Waals surface area contributed by atoms with Crippen molar-refractivity contribution in [2.45, 2.75) is 12.8 Å². The molecule has 2 aromatic carbocycles. The molecule has 0 radical (unpaired) electrons. The van der Waals surface area contributed by atoms with E-state index >= 15 is 0 Å². The number of carbonyl (C=O) groups excluding carboxylic acids is 3. The highest BCUT2D eigenvalue weighted by Gasteiger charge is 2.34. The number of piperazine rings is 1. The molecule has 2 aliphatic heterocycles. The van der Waals surface area contributed by atoms with Crippen LogP contribution in [0.2, 0.25) is 0 Å². The molecule has 3 amide bonds. The van der Waals surface area contributed by atoms with Crippen molar-refractivity contribution in [3.63, 3.8) is 0 Å².